The number of nitrogens with zero attached hydrogens (tertiary/aromatic N) is 3. The van der Waals surface area contributed by atoms with Crippen molar-refractivity contribution in [2.45, 2.75) is 38.5 Å². The molecule has 1 amide bonds. The van der Waals surface area contributed by atoms with Gasteiger partial charge < -0.3 is 9.42 Å². The van der Waals surface area contributed by atoms with E-state index >= 15 is 0 Å². The second-order valence-electron chi connectivity index (χ2n) is 7.14. The molecule has 144 valence electrons. The van der Waals surface area contributed by atoms with Gasteiger partial charge in [-0.15, -0.1) is 0 Å². The first kappa shape index (κ1) is 18.9. The molecule has 1 fully saturated rings. The molecule has 1 aliphatic heterocycles. The van der Waals surface area contributed by atoms with E-state index in [1.165, 1.54) is 18.4 Å². The molecule has 28 heavy (non-hydrogen) atoms. The molecule has 0 saturated carbocycles. The first-order valence-corrected chi connectivity index (χ1v) is 10.4. The lowest BCUT2D eigenvalue weighted by Crippen LogP contribution is -2.24. The smallest absolute Gasteiger partial charge is 0.232 e. The molecule has 5 nitrogen and oxygen atoms in total. The lowest BCUT2D eigenvalue weighted by atomic mass is 10.1. The second kappa shape index (κ2) is 8.27. The fourth-order valence-electron chi connectivity index (χ4n) is 3.46. The van der Waals surface area contributed by atoms with E-state index in [1.807, 2.05) is 41.3 Å². The topological polar surface area (TPSA) is 59.2 Å². The highest BCUT2D eigenvalue weighted by Gasteiger charge is 2.35. The van der Waals surface area contributed by atoms with Crippen molar-refractivity contribution in [2.24, 2.45) is 0 Å². The molecule has 0 bridgehead atoms. The van der Waals surface area contributed by atoms with Gasteiger partial charge in [0.25, 0.3) is 0 Å². The summed E-state index contributed by atoms with van der Waals surface area (Å²) in [5, 5.41) is 4.09. The van der Waals surface area contributed by atoms with Crippen molar-refractivity contribution in [3.63, 3.8) is 0 Å². The number of hydrogen-bond donors (Lipinski definition) is 0. The number of unbranched alkanes of at least 4 members (excludes halogenated alkanes) is 1. The molecular formula is C22H22BrN3O2. The largest absolute Gasteiger partial charge is 0.339 e. The van der Waals surface area contributed by atoms with Crippen LogP contribution in [-0.2, 0) is 11.2 Å². The zero-order chi connectivity index (χ0) is 19.5. The fourth-order valence-corrected chi connectivity index (χ4v) is 3.73. The van der Waals surface area contributed by atoms with E-state index in [-0.39, 0.29) is 11.8 Å². The molecule has 1 aliphatic rings. The van der Waals surface area contributed by atoms with Gasteiger partial charge in [0.15, 0.2) is 0 Å². The number of amides is 1. The molecule has 6 heteroatoms. The van der Waals surface area contributed by atoms with Gasteiger partial charge in [-0.3, -0.25) is 4.79 Å². The Morgan fingerprint density at radius 1 is 1.14 bits per heavy atom. The monoisotopic (exact) mass is 439 g/mol. The Balaban J connectivity index is 1.47. The zero-order valence-corrected chi connectivity index (χ0v) is 17.4. The molecule has 1 unspecified atom stereocenters. The van der Waals surface area contributed by atoms with Gasteiger partial charge in [-0.2, -0.15) is 4.98 Å². The zero-order valence-electron chi connectivity index (χ0n) is 15.8. The van der Waals surface area contributed by atoms with Crippen LogP contribution in [0.1, 0.15) is 43.6 Å². The molecule has 0 aliphatic carbocycles. The summed E-state index contributed by atoms with van der Waals surface area (Å²) in [7, 11) is 0. The third-order valence-electron chi connectivity index (χ3n) is 5.09. The average Bonchev–Trinajstić information content (AvgIpc) is 3.34. The highest BCUT2D eigenvalue weighted by atomic mass is 79.9. The van der Waals surface area contributed by atoms with E-state index in [0.717, 1.165) is 22.1 Å². The highest BCUT2D eigenvalue weighted by molar-refractivity contribution is 9.10. The molecule has 0 N–H and O–H groups in total. The molecule has 1 saturated heterocycles. The summed E-state index contributed by atoms with van der Waals surface area (Å²) < 4.78 is 6.48. The Morgan fingerprint density at radius 3 is 2.61 bits per heavy atom. The van der Waals surface area contributed by atoms with Crippen molar-refractivity contribution in [1.82, 2.24) is 10.1 Å². The van der Waals surface area contributed by atoms with Crippen LogP contribution in [0.3, 0.4) is 0 Å². The van der Waals surface area contributed by atoms with Crippen LogP contribution in [0, 0.1) is 0 Å². The minimum atomic E-state index is -0.0797. The quantitative estimate of drug-likeness (QED) is 0.518. The van der Waals surface area contributed by atoms with Gasteiger partial charge in [0, 0.05) is 28.7 Å². The Kier molecular flexibility index (Phi) is 5.57. The van der Waals surface area contributed by atoms with Crippen molar-refractivity contribution >= 4 is 27.5 Å². The average molecular weight is 440 g/mol. The van der Waals surface area contributed by atoms with Gasteiger partial charge in [0.2, 0.25) is 17.6 Å². The number of rotatable bonds is 6. The minimum absolute atomic E-state index is 0.0797. The summed E-state index contributed by atoms with van der Waals surface area (Å²) >= 11 is 3.42. The van der Waals surface area contributed by atoms with Gasteiger partial charge in [-0.1, -0.05) is 46.6 Å². The molecule has 1 aromatic heterocycles. The van der Waals surface area contributed by atoms with E-state index in [9.17, 15) is 4.79 Å². The van der Waals surface area contributed by atoms with Crippen LogP contribution >= 0.6 is 15.9 Å². The SMILES string of the molecule is CCCCc1ccc(N2CC(c3nc(-c4ccc(Br)cc4)no3)CC2=O)cc1. The molecule has 0 radical (unpaired) electrons. The summed E-state index contributed by atoms with van der Waals surface area (Å²) in [6.07, 6.45) is 3.83. The number of hydrogen-bond acceptors (Lipinski definition) is 4. The van der Waals surface area contributed by atoms with Crippen LogP contribution in [0.5, 0.6) is 0 Å². The van der Waals surface area contributed by atoms with Gasteiger partial charge >= 0.3 is 0 Å². The van der Waals surface area contributed by atoms with Crippen LogP contribution in [-0.4, -0.2) is 22.6 Å². The Bertz CT molecular complexity index is 951. The maximum absolute atomic E-state index is 12.6. The summed E-state index contributed by atoms with van der Waals surface area (Å²) in [6, 6.07) is 16.1. The minimum Gasteiger partial charge on any atom is -0.339 e. The Hall–Kier alpha value is -2.47. The number of halogens is 1. The van der Waals surface area contributed by atoms with Gasteiger partial charge in [0.05, 0.1) is 5.92 Å². The van der Waals surface area contributed by atoms with E-state index in [2.05, 4.69) is 45.1 Å². The number of carbonyl (C=O) groups excluding carboxylic acids is 1. The Labute approximate surface area is 172 Å². The third kappa shape index (κ3) is 4.02. The van der Waals surface area contributed by atoms with E-state index in [1.54, 1.807) is 0 Å². The van der Waals surface area contributed by atoms with Crippen LogP contribution < -0.4 is 4.90 Å². The number of benzene rings is 2. The number of aromatic nitrogens is 2. The predicted octanol–water partition coefficient (Wildman–Crippen LogP) is 5.36. The number of carbonyl (C=O) groups is 1. The Morgan fingerprint density at radius 2 is 1.89 bits per heavy atom. The standard InChI is InChI=1S/C22H22BrN3O2/c1-2-3-4-15-5-11-19(12-6-15)26-14-17(13-20(26)27)22-24-21(25-28-22)16-7-9-18(23)10-8-16/h5-12,17H,2-4,13-14H2,1H3. The van der Waals surface area contributed by atoms with E-state index in [4.69, 9.17) is 4.52 Å². The lowest BCUT2D eigenvalue weighted by Gasteiger charge is -2.16. The third-order valence-corrected chi connectivity index (χ3v) is 5.61. The van der Waals surface area contributed by atoms with E-state index < -0.39 is 0 Å². The predicted molar refractivity (Wildman–Crippen MR) is 112 cm³/mol. The van der Waals surface area contributed by atoms with Crippen LogP contribution in [0.4, 0.5) is 5.69 Å². The summed E-state index contributed by atoms with van der Waals surface area (Å²) in [4.78, 5) is 18.9. The number of anilines is 1. The summed E-state index contributed by atoms with van der Waals surface area (Å²) in [5.41, 5.74) is 3.13. The van der Waals surface area contributed by atoms with Crippen molar-refractivity contribution in [3.8, 4) is 11.4 Å². The van der Waals surface area contributed by atoms with Crippen molar-refractivity contribution in [3.05, 3.63) is 64.5 Å². The lowest BCUT2D eigenvalue weighted by molar-refractivity contribution is -0.117. The van der Waals surface area contributed by atoms with Crippen molar-refractivity contribution in [2.75, 3.05) is 11.4 Å². The molecule has 3 aromatic rings. The van der Waals surface area contributed by atoms with Crippen LogP contribution in [0.2, 0.25) is 0 Å². The van der Waals surface area contributed by atoms with Crippen molar-refractivity contribution < 1.29 is 9.32 Å². The van der Waals surface area contributed by atoms with Gasteiger partial charge in [-0.05, 0) is 54.8 Å². The molecule has 0 spiro atoms. The molecule has 2 aromatic carbocycles. The van der Waals surface area contributed by atoms with Crippen LogP contribution in [0.15, 0.2) is 57.5 Å². The number of aryl methyl sites for hydroxylation is 1. The molecule has 4 rings (SSSR count). The summed E-state index contributed by atoms with van der Waals surface area (Å²) in [6.45, 7) is 2.76. The van der Waals surface area contributed by atoms with Gasteiger partial charge in [0.1, 0.15) is 0 Å². The van der Waals surface area contributed by atoms with Crippen molar-refractivity contribution in [1.29, 1.82) is 0 Å². The first-order valence-electron chi connectivity index (χ1n) is 9.63. The summed E-state index contributed by atoms with van der Waals surface area (Å²) in [5.74, 6) is 1.08. The maximum Gasteiger partial charge on any atom is 0.232 e. The fraction of sp³-hybridized carbons (Fsp3) is 0.318. The van der Waals surface area contributed by atoms with Gasteiger partial charge in [-0.25, -0.2) is 0 Å². The molecule has 2 heterocycles. The highest BCUT2D eigenvalue weighted by Crippen LogP contribution is 2.32. The van der Waals surface area contributed by atoms with E-state index in [0.29, 0.717) is 24.7 Å². The normalized spacial score (nSPS) is 16.7. The maximum atomic E-state index is 12.6. The first-order chi connectivity index (χ1) is 13.6. The van der Waals surface area contributed by atoms with Crippen LogP contribution in [0.25, 0.3) is 11.4 Å². The molecular weight excluding hydrogens is 418 g/mol. The second-order valence-corrected chi connectivity index (χ2v) is 8.05. The molecule has 1 atom stereocenters.